The smallest absolute Gasteiger partial charge is 0.119 e. The van der Waals surface area contributed by atoms with Crippen molar-refractivity contribution in [3.8, 4) is 0 Å². The normalized spacial score (nSPS) is 7.33. The van der Waals surface area contributed by atoms with Crippen LogP contribution in [0.1, 0.15) is 0 Å². The number of hydrogen-bond donors (Lipinski definition) is 0. The summed E-state index contributed by atoms with van der Waals surface area (Å²) < 4.78 is 0. The van der Waals surface area contributed by atoms with Crippen LogP contribution in [0.25, 0.3) is 0 Å². The van der Waals surface area contributed by atoms with E-state index in [4.69, 9.17) is 0 Å². The van der Waals surface area contributed by atoms with E-state index in [1.54, 1.807) is 0 Å². The summed E-state index contributed by atoms with van der Waals surface area (Å²) in [6, 6.07) is 0. The molecule has 0 aliphatic carbocycles. The molecule has 0 bridgehead atoms. The molecule has 0 spiro atoms. The van der Waals surface area contributed by atoms with Gasteiger partial charge in [-0.25, -0.2) is 0 Å². The zero-order valence-corrected chi connectivity index (χ0v) is 5.00. The summed E-state index contributed by atoms with van der Waals surface area (Å²) in [6.07, 6.45) is 0. The van der Waals surface area contributed by atoms with Crippen molar-refractivity contribution in [1.82, 2.24) is 0 Å². The van der Waals surface area contributed by atoms with Crippen LogP contribution in [0.2, 0.25) is 0 Å². The van der Waals surface area contributed by atoms with Crippen molar-refractivity contribution in [1.29, 1.82) is 0 Å². The fraction of sp³-hybridized carbons (Fsp3) is 0. The SMILES string of the molecule is BC(B)=C(B)B. The third-order valence-electron chi connectivity index (χ3n) is 1.00. The van der Waals surface area contributed by atoms with E-state index in [-0.39, 0.29) is 0 Å². The van der Waals surface area contributed by atoms with E-state index in [1.165, 1.54) is 10.7 Å². The second-order valence-electron chi connectivity index (χ2n) is 2.00. The quantitative estimate of drug-likeness (QED) is 0.264. The van der Waals surface area contributed by atoms with Gasteiger partial charge >= 0.3 is 0 Å². The molecule has 0 saturated heterocycles. The molecule has 0 aliphatic rings. The van der Waals surface area contributed by atoms with Crippen LogP contribution in [0.3, 0.4) is 0 Å². The van der Waals surface area contributed by atoms with Crippen molar-refractivity contribution in [3.05, 3.63) is 10.7 Å². The number of rotatable bonds is 0. The average molecular weight is 75.3 g/mol. The first kappa shape index (κ1) is 6.00. The van der Waals surface area contributed by atoms with Gasteiger partial charge < -0.3 is 0 Å². The van der Waals surface area contributed by atoms with Crippen LogP contribution in [0.5, 0.6) is 0 Å². The van der Waals surface area contributed by atoms with Crippen molar-refractivity contribution in [2.75, 3.05) is 0 Å². The van der Waals surface area contributed by atoms with Gasteiger partial charge in [-0.15, -0.1) is 0 Å². The van der Waals surface area contributed by atoms with E-state index >= 15 is 0 Å². The summed E-state index contributed by atoms with van der Waals surface area (Å²) in [7, 11) is 8.48. The molecular formula is C2H8B4. The molecule has 4 heteroatoms. The van der Waals surface area contributed by atoms with Gasteiger partial charge in [0.2, 0.25) is 0 Å². The van der Waals surface area contributed by atoms with Gasteiger partial charge in [-0.3, -0.25) is 0 Å². The van der Waals surface area contributed by atoms with E-state index in [0.717, 1.165) is 0 Å². The molecule has 28 valence electrons. The highest BCUT2D eigenvalue weighted by Crippen LogP contribution is 1.79. The van der Waals surface area contributed by atoms with Crippen LogP contribution in [-0.4, -0.2) is 31.4 Å². The van der Waals surface area contributed by atoms with Crippen LogP contribution in [0.15, 0.2) is 10.7 Å². The van der Waals surface area contributed by atoms with Crippen molar-refractivity contribution < 1.29 is 0 Å². The lowest BCUT2D eigenvalue weighted by molar-refractivity contribution is 2.24. The van der Waals surface area contributed by atoms with Crippen molar-refractivity contribution in [2.45, 2.75) is 0 Å². The predicted octanol–water partition coefficient (Wildman–Crippen LogP) is -3.35. The van der Waals surface area contributed by atoms with Gasteiger partial charge in [0, 0.05) is 0 Å². The first-order valence-corrected chi connectivity index (χ1v) is 2.25. The van der Waals surface area contributed by atoms with Crippen LogP contribution in [-0.2, 0) is 0 Å². The standard InChI is InChI=1S/C2H8B4/c3-1(4)2(5)6/h3-6H2. The summed E-state index contributed by atoms with van der Waals surface area (Å²) in [5, 5.41) is 2.85. The summed E-state index contributed by atoms with van der Waals surface area (Å²) in [5.74, 6) is 0. The highest BCUT2D eigenvalue weighted by molar-refractivity contribution is 6.60. The minimum absolute atomic E-state index is 1.43. The Kier molecular flexibility index (Phi) is 2.22. The van der Waals surface area contributed by atoms with Crippen LogP contribution < -0.4 is 0 Å². The molecule has 6 heavy (non-hydrogen) atoms. The number of hydrogen-bond acceptors (Lipinski definition) is 0. The Morgan fingerprint density at radius 1 is 0.667 bits per heavy atom. The Morgan fingerprint density at radius 2 is 0.833 bits per heavy atom. The lowest BCUT2D eigenvalue weighted by atomic mass is 9.62. The Morgan fingerprint density at radius 3 is 0.833 bits per heavy atom. The monoisotopic (exact) mass is 76.1 g/mol. The van der Waals surface area contributed by atoms with Gasteiger partial charge in [0.15, 0.2) is 0 Å². The first-order chi connectivity index (χ1) is 2.64. The summed E-state index contributed by atoms with van der Waals surface area (Å²) in [4.78, 5) is 0. The molecule has 0 aromatic rings. The summed E-state index contributed by atoms with van der Waals surface area (Å²) in [5.41, 5.74) is 0. The third kappa shape index (κ3) is 2.25. The second kappa shape index (κ2) is 2.22. The van der Waals surface area contributed by atoms with Gasteiger partial charge in [-0.1, -0.05) is 0 Å². The third-order valence-corrected chi connectivity index (χ3v) is 1.00. The van der Waals surface area contributed by atoms with E-state index in [2.05, 4.69) is 31.4 Å². The maximum absolute atomic E-state index is 2.12. The Hall–Kier alpha value is -0.000260. The minimum atomic E-state index is 1.43. The van der Waals surface area contributed by atoms with Crippen LogP contribution >= 0.6 is 0 Å². The Bertz CT molecular complexity index is 55.6. The van der Waals surface area contributed by atoms with E-state index in [0.29, 0.717) is 0 Å². The van der Waals surface area contributed by atoms with E-state index in [9.17, 15) is 0 Å². The second-order valence-corrected chi connectivity index (χ2v) is 2.00. The predicted molar refractivity (Wildman–Crippen MR) is 41.2 cm³/mol. The Labute approximate surface area is 43.0 Å². The molecule has 0 amide bonds. The largest absolute Gasteiger partial charge is 0.163 e. The minimum Gasteiger partial charge on any atom is -0.163 e. The summed E-state index contributed by atoms with van der Waals surface area (Å²) >= 11 is 0. The van der Waals surface area contributed by atoms with Crippen LogP contribution in [0.4, 0.5) is 0 Å². The topological polar surface area (TPSA) is 0 Å². The van der Waals surface area contributed by atoms with Gasteiger partial charge in [0.05, 0.1) is 0 Å². The fourth-order valence-corrected chi connectivity index (χ4v) is 0. The molecule has 0 N–H and O–H groups in total. The fourth-order valence-electron chi connectivity index (χ4n) is 0. The molecule has 0 heterocycles. The van der Waals surface area contributed by atoms with E-state index < -0.39 is 0 Å². The van der Waals surface area contributed by atoms with Crippen molar-refractivity contribution >= 4 is 31.4 Å². The zero-order chi connectivity index (χ0) is 5.15. The lowest BCUT2D eigenvalue weighted by Gasteiger charge is -1.87. The molecule has 0 radical (unpaired) electrons. The highest BCUT2D eigenvalue weighted by Gasteiger charge is 1.76. The lowest BCUT2D eigenvalue weighted by Crippen LogP contribution is -1.88. The van der Waals surface area contributed by atoms with Gasteiger partial charge in [0.1, 0.15) is 31.4 Å². The molecule has 0 fully saturated rings. The zero-order valence-electron chi connectivity index (χ0n) is 5.00. The maximum Gasteiger partial charge on any atom is 0.119 e. The van der Waals surface area contributed by atoms with Gasteiger partial charge in [-0.05, 0) is 0 Å². The summed E-state index contributed by atoms with van der Waals surface area (Å²) in [6.45, 7) is 0. The molecule has 0 nitrogen and oxygen atoms in total. The van der Waals surface area contributed by atoms with Crippen LogP contribution in [0, 0.1) is 0 Å². The molecular weight excluding hydrogens is 67.3 g/mol. The first-order valence-electron chi connectivity index (χ1n) is 2.25. The van der Waals surface area contributed by atoms with Gasteiger partial charge in [0.25, 0.3) is 0 Å². The molecule has 0 saturated carbocycles. The highest BCUT2D eigenvalue weighted by atomic mass is 13.5. The van der Waals surface area contributed by atoms with E-state index in [1.807, 2.05) is 0 Å². The van der Waals surface area contributed by atoms with Crippen molar-refractivity contribution in [3.63, 3.8) is 0 Å². The molecule has 0 rings (SSSR count). The molecule has 0 aromatic carbocycles. The molecule has 0 aliphatic heterocycles. The molecule has 0 unspecified atom stereocenters. The van der Waals surface area contributed by atoms with Crippen molar-refractivity contribution in [2.24, 2.45) is 0 Å². The molecule has 0 aromatic heterocycles. The maximum atomic E-state index is 2.12. The Balaban J connectivity index is 3.68. The molecule has 0 atom stereocenters. The van der Waals surface area contributed by atoms with Gasteiger partial charge in [-0.2, -0.15) is 10.7 Å². The average Bonchev–Trinajstić information content (AvgIpc) is 1.36.